The van der Waals surface area contributed by atoms with Gasteiger partial charge in [0.05, 0.1) is 0 Å². The van der Waals surface area contributed by atoms with Gasteiger partial charge < -0.3 is 0 Å². The second-order valence-corrected chi connectivity index (χ2v) is 7.44. The monoisotopic (exact) mass is 342 g/mol. The molecule has 0 saturated carbocycles. The van der Waals surface area contributed by atoms with E-state index in [0.29, 0.717) is 15.0 Å². The van der Waals surface area contributed by atoms with Crippen LogP contribution in [0.3, 0.4) is 0 Å². The van der Waals surface area contributed by atoms with Gasteiger partial charge in [0, 0.05) is 0 Å². The van der Waals surface area contributed by atoms with E-state index in [4.69, 9.17) is 5.10 Å². The van der Waals surface area contributed by atoms with Gasteiger partial charge in [-0.1, -0.05) is 0 Å². The van der Waals surface area contributed by atoms with Crippen molar-refractivity contribution in [2.45, 2.75) is 20.8 Å². The van der Waals surface area contributed by atoms with E-state index in [1.54, 1.807) is 0 Å². The summed E-state index contributed by atoms with van der Waals surface area (Å²) in [6.45, 7) is 6.40. The van der Waals surface area contributed by atoms with Crippen LogP contribution in [0.25, 0.3) is 5.69 Å². The van der Waals surface area contributed by atoms with E-state index in [1.807, 2.05) is 6.07 Å². The van der Waals surface area contributed by atoms with Gasteiger partial charge in [0.25, 0.3) is 0 Å². The Hall–Kier alpha value is -1.83. The number of aryl methyl sites for hydroxylation is 2. The molecule has 0 atom stereocenters. The summed E-state index contributed by atoms with van der Waals surface area (Å²) < 4.78 is 4.84. The zero-order valence-corrected chi connectivity index (χ0v) is 14.2. The summed E-state index contributed by atoms with van der Waals surface area (Å²) in [5.74, 6) is 0. The zero-order valence-electron chi connectivity index (χ0n) is 12.5. The molecule has 0 N–H and O–H groups in total. The van der Waals surface area contributed by atoms with Crippen LogP contribution in [0.2, 0.25) is 0 Å². The number of nitrogens with zero attached hydrogens (tertiary/aromatic N) is 2. The Morgan fingerprint density at radius 3 is 2.19 bits per heavy atom. The Morgan fingerprint density at radius 1 is 0.857 bits per heavy atom. The maximum absolute atomic E-state index is 4.73. The summed E-state index contributed by atoms with van der Waals surface area (Å²) in [5, 5.41) is 4.73. The molecule has 3 aromatic rings. The van der Waals surface area contributed by atoms with Gasteiger partial charge in [-0.3, -0.25) is 0 Å². The summed E-state index contributed by atoms with van der Waals surface area (Å²) in [6.07, 6.45) is 0. The molecule has 2 nitrogen and oxygen atoms in total. The van der Waals surface area contributed by atoms with E-state index in [1.165, 1.54) is 20.2 Å². The summed E-state index contributed by atoms with van der Waals surface area (Å²) >= 11 is 0.300. The topological polar surface area (TPSA) is 17.8 Å². The average Bonchev–Trinajstić information content (AvgIpc) is 2.78. The van der Waals surface area contributed by atoms with Crippen LogP contribution >= 0.6 is 0 Å². The molecule has 1 heterocycles. The third kappa shape index (κ3) is 2.94. The molecule has 0 bridgehead atoms. The van der Waals surface area contributed by atoms with Crippen molar-refractivity contribution in [2.75, 3.05) is 0 Å². The molecule has 0 unspecified atom stereocenters. The van der Waals surface area contributed by atoms with Crippen molar-refractivity contribution >= 4 is 23.9 Å². The second kappa shape index (κ2) is 5.88. The van der Waals surface area contributed by atoms with Crippen LogP contribution in [0.5, 0.6) is 0 Å². The first-order chi connectivity index (χ1) is 10.1. The first-order valence-electron chi connectivity index (χ1n) is 7.01. The van der Waals surface area contributed by atoms with Crippen molar-refractivity contribution < 1.29 is 0 Å². The Kier molecular flexibility index (Phi) is 3.96. The van der Waals surface area contributed by atoms with Crippen LogP contribution in [0, 0.1) is 20.8 Å². The van der Waals surface area contributed by atoms with Gasteiger partial charge >= 0.3 is 132 Å². The number of benzene rings is 2. The van der Waals surface area contributed by atoms with Gasteiger partial charge in [-0.15, -0.1) is 0 Å². The van der Waals surface area contributed by atoms with E-state index in [2.05, 4.69) is 74.0 Å². The molecule has 1 aromatic heterocycles. The first-order valence-corrected chi connectivity index (χ1v) is 8.72. The van der Waals surface area contributed by atoms with Crippen LogP contribution in [-0.4, -0.2) is 24.7 Å². The SMILES string of the molecule is Cc1ccc([Se]c2c(C)nn(-c3ccccc3)c2C)cc1. The molecule has 0 radical (unpaired) electrons. The Morgan fingerprint density at radius 2 is 1.52 bits per heavy atom. The molecule has 0 fully saturated rings. The van der Waals surface area contributed by atoms with Crippen LogP contribution in [0.1, 0.15) is 17.0 Å². The Balaban J connectivity index is 1.97. The number of hydrogen-bond acceptors (Lipinski definition) is 1. The molecule has 0 amide bonds. The molecule has 2 aromatic carbocycles. The third-order valence-corrected chi connectivity index (χ3v) is 6.20. The van der Waals surface area contributed by atoms with E-state index < -0.39 is 0 Å². The maximum atomic E-state index is 4.73. The first kappa shape index (κ1) is 14.1. The van der Waals surface area contributed by atoms with Crippen LogP contribution in [0.4, 0.5) is 0 Å². The molecule has 106 valence electrons. The molecule has 0 aliphatic heterocycles. The number of aromatic nitrogens is 2. The summed E-state index contributed by atoms with van der Waals surface area (Å²) in [5.41, 5.74) is 4.82. The van der Waals surface area contributed by atoms with Crippen molar-refractivity contribution in [3.63, 3.8) is 0 Å². The van der Waals surface area contributed by atoms with Crippen LogP contribution in [0.15, 0.2) is 54.6 Å². The minimum absolute atomic E-state index is 0.300. The quantitative estimate of drug-likeness (QED) is 0.669. The number of hydrogen-bond donors (Lipinski definition) is 0. The molecule has 3 heteroatoms. The van der Waals surface area contributed by atoms with Gasteiger partial charge in [0.2, 0.25) is 0 Å². The van der Waals surface area contributed by atoms with Crippen molar-refractivity contribution in [2.24, 2.45) is 0 Å². The van der Waals surface area contributed by atoms with E-state index in [9.17, 15) is 0 Å². The van der Waals surface area contributed by atoms with Crippen LogP contribution < -0.4 is 8.92 Å². The molecule has 0 spiro atoms. The van der Waals surface area contributed by atoms with E-state index in [0.717, 1.165) is 11.4 Å². The number of para-hydroxylation sites is 1. The predicted molar refractivity (Wildman–Crippen MR) is 89.2 cm³/mol. The summed E-state index contributed by atoms with van der Waals surface area (Å²) in [7, 11) is 0. The summed E-state index contributed by atoms with van der Waals surface area (Å²) in [6, 6.07) is 19.2. The second-order valence-electron chi connectivity index (χ2n) is 5.16. The number of rotatable bonds is 3. The van der Waals surface area contributed by atoms with Crippen molar-refractivity contribution in [3.05, 3.63) is 71.5 Å². The van der Waals surface area contributed by atoms with Crippen LogP contribution in [-0.2, 0) is 0 Å². The molecular weight excluding hydrogens is 323 g/mol. The molecule has 0 aliphatic rings. The van der Waals surface area contributed by atoms with Gasteiger partial charge in [-0.25, -0.2) is 0 Å². The molecule has 0 saturated heterocycles. The van der Waals surface area contributed by atoms with Gasteiger partial charge in [0.1, 0.15) is 0 Å². The normalized spacial score (nSPS) is 10.8. The summed E-state index contributed by atoms with van der Waals surface area (Å²) in [4.78, 5) is 0. The fourth-order valence-electron chi connectivity index (χ4n) is 2.32. The third-order valence-electron chi connectivity index (χ3n) is 3.47. The average molecular weight is 341 g/mol. The van der Waals surface area contributed by atoms with Gasteiger partial charge in [-0.2, -0.15) is 0 Å². The predicted octanol–water partition coefficient (Wildman–Crippen LogP) is 2.45. The standard InChI is InChI=1S/C18H18N2Se/c1-13-9-11-17(12-10-13)21-18-14(2)19-20(15(18)3)16-7-5-4-6-8-16/h4-12H,1-3H3. The van der Waals surface area contributed by atoms with E-state index >= 15 is 0 Å². The zero-order chi connectivity index (χ0) is 14.8. The molecule has 0 aliphatic carbocycles. The van der Waals surface area contributed by atoms with Gasteiger partial charge in [-0.05, 0) is 0 Å². The fourth-order valence-corrected chi connectivity index (χ4v) is 4.27. The molecule has 3 rings (SSSR count). The fraction of sp³-hybridized carbons (Fsp3) is 0.167. The van der Waals surface area contributed by atoms with Crippen molar-refractivity contribution in [1.29, 1.82) is 0 Å². The minimum atomic E-state index is 0.300. The molecular formula is C18H18N2Se. The Bertz CT molecular complexity index is 743. The van der Waals surface area contributed by atoms with E-state index in [-0.39, 0.29) is 0 Å². The Labute approximate surface area is 132 Å². The molecule has 21 heavy (non-hydrogen) atoms. The van der Waals surface area contributed by atoms with Crippen molar-refractivity contribution in [3.8, 4) is 5.69 Å². The van der Waals surface area contributed by atoms with Crippen molar-refractivity contribution in [1.82, 2.24) is 9.78 Å². The van der Waals surface area contributed by atoms with Gasteiger partial charge in [0.15, 0.2) is 0 Å².